The molecule has 3 aromatic heterocycles. The third-order valence-corrected chi connectivity index (χ3v) is 3.97. The zero-order chi connectivity index (χ0) is 15.8. The van der Waals surface area contributed by atoms with E-state index in [0.29, 0.717) is 30.3 Å². The van der Waals surface area contributed by atoms with Gasteiger partial charge in [-0.3, -0.25) is 9.48 Å². The van der Waals surface area contributed by atoms with Crippen molar-refractivity contribution in [2.75, 3.05) is 6.54 Å². The van der Waals surface area contributed by atoms with E-state index in [-0.39, 0.29) is 12.5 Å². The van der Waals surface area contributed by atoms with Crippen LogP contribution in [0.3, 0.4) is 0 Å². The Kier molecular flexibility index (Phi) is 3.30. The maximum Gasteiger partial charge on any atom is 0.290 e. The number of aliphatic hydroxyl groups excluding tert-OH is 1. The lowest BCUT2D eigenvalue weighted by Crippen LogP contribution is -2.31. The summed E-state index contributed by atoms with van der Waals surface area (Å²) in [7, 11) is 0. The molecule has 0 spiro atoms. The predicted molar refractivity (Wildman–Crippen MR) is 81.4 cm³/mol. The van der Waals surface area contributed by atoms with Crippen LogP contribution >= 0.6 is 0 Å². The van der Waals surface area contributed by atoms with Crippen LogP contribution in [0.4, 0.5) is 0 Å². The lowest BCUT2D eigenvalue weighted by molar-refractivity contribution is 0.0735. The van der Waals surface area contributed by atoms with Crippen molar-refractivity contribution in [2.24, 2.45) is 0 Å². The number of aromatic amines is 1. The molecule has 4 heterocycles. The molecule has 1 amide bonds. The molecule has 2 N–H and O–H groups in total. The number of amides is 1. The first-order valence-electron chi connectivity index (χ1n) is 7.51. The number of nitrogens with one attached hydrogen (secondary N) is 1. The Balaban J connectivity index is 1.62. The molecule has 0 atom stereocenters. The molecular weight excluding hydrogens is 296 g/mol. The Morgan fingerprint density at radius 2 is 2.30 bits per heavy atom. The van der Waals surface area contributed by atoms with Crippen molar-refractivity contribution in [3.05, 3.63) is 41.6 Å². The Labute approximate surface area is 131 Å². The van der Waals surface area contributed by atoms with Gasteiger partial charge >= 0.3 is 0 Å². The molecule has 0 aliphatic carbocycles. The molecule has 8 heteroatoms. The number of hydrogen-bond donors (Lipinski definition) is 2. The summed E-state index contributed by atoms with van der Waals surface area (Å²) in [5, 5.41) is 13.5. The molecule has 1 aliphatic heterocycles. The summed E-state index contributed by atoms with van der Waals surface area (Å²) in [5.74, 6) is 0.150. The number of aromatic nitrogens is 5. The Bertz CT molecular complexity index is 835. The van der Waals surface area contributed by atoms with Crippen molar-refractivity contribution in [1.29, 1.82) is 0 Å². The van der Waals surface area contributed by atoms with E-state index in [1.165, 1.54) is 0 Å². The highest BCUT2D eigenvalue weighted by molar-refractivity contribution is 5.93. The van der Waals surface area contributed by atoms with Gasteiger partial charge in [0.25, 0.3) is 5.91 Å². The van der Waals surface area contributed by atoms with E-state index in [4.69, 9.17) is 0 Å². The third kappa shape index (κ3) is 2.46. The van der Waals surface area contributed by atoms with Gasteiger partial charge in [-0.2, -0.15) is 5.10 Å². The van der Waals surface area contributed by atoms with Gasteiger partial charge in [-0.05, 0) is 24.6 Å². The maximum absolute atomic E-state index is 12.7. The van der Waals surface area contributed by atoms with Crippen molar-refractivity contribution in [2.45, 2.75) is 26.1 Å². The molecular formula is C15H16N6O2. The molecule has 0 unspecified atom stereocenters. The van der Waals surface area contributed by atoms with Gasteiger partial charge in [-0.15, -0.1) is 0 Å². The molecule has 118 valence electrons. The van der Waals surface area contributed by atoms with E-state index < -0.39 is 0 Å². The molecule has 3 aromatic rings. The number of carbonyl (C=O) groups is 1. The van der Waals surface area contributed by atoms with E-state index in [9.17, 15) is 9.90 Å². The SMILES string of the molecule is O=C(c1nc2ncccc2[nH]1)N1CCCn2nc(CO)cc2C1. The van der Waals surface area contributed by atoms with E-state index >= 15 is 0 Å². The number of fused-ring (bicyclic) bond motifs is 2. The number of hydrogen-bond acceptors (Lipinski definition) is 5. The first-order chi connectivity index (χ1) is 11.2. The van der Waals surface area contributed by atoms with Gasteiger partial charge in [-0.1, -0.05) is 0 Å². The fraction of sp³-hybridized carbons (Fsp3) is 0.333. The molecule has 23 heavy (non-hydrogen) atoms. The monoisotopic (exact) mass is 312 g/mol. The number of nitrogens with zero attached hydrogens (tertiary/aromatic N) is 5. The number of rotatable bonds is 2. The molecule has 0 aromatic carbocycles. The fourth-order valence-corrected chi connectivity index (χ4v) is 2.87. The summed E-state index contributed by atoms with van der Waals surface area (Å²) in [6, 6.07) is 5.48. The van der Waals surface area contributed by atoms with E-state index in [1.807, 2.05) is 16.8 Å². The normalized spacial score (nSPS) is 14.7. The number of aliphatic hydroxyl groups is 1. The van der Waals surface area contributed by atoms with Gasteiger partial charge in [0.1, 0.15) is 0 Å². The highest BCUT2D eigenvalue weighted by atomic mass is 16.3. The highest BCUT2D eigenvalue weighted by Crippen LogP contribution is 2.17. The Morgan fingerprint density at radius 1 is 1.39 bits per heavy atom. The molecule has 0 bridgehead atoms. The lowest BCUT2D eigenvalue weighted by Gasteiger charge is -2.18. The number of aryl methyl sites for hydroxylation is 1. The van der Waals surface area contributed by atoms with Crippen LogP contribution in [-0.2, 0) is 19.7 Å². The van der Waals surface area contributed by atoms with Crippen molar-refractivity contribution in [3.8, 4) is 0 Å². The summed E-state index contributed by atoms with van der Waals surface area (Å²) < 4.78 is 1.86. The number of carbonyl (C=O) groups excluding carboxylic acids is 1. The van der Waals surface area contributed by atoms with Crippen molar-refractivity contribution < 1.29 is 9.90 Å². The summed E-state index contributed by atoms with van der Waals surface area (Å²) in [5.41, 5.74) is 2.84. The minimum atomic E-state index is -0.150. The average molecular weight is 312 g/mol. The minimum absolute atomic E-state index is 0.0941. The summed E-state index contributed by atoms with van der Waals surface area (Å²) in [6.45, 7) is 1.74. The molecule has 8 nitrogen and oxygen atoms in total. The first kappa shape index (κ1) is 13.9. The van der Waals surface area contributed by atoms with Crippen LogP contribution in [0.5, 0.6) is 0 Å². The molecule has 0 radical (unpaired) electrons. The van der Waals surface area contributed by atoms with Crippen LogP contribution in [-0.4, -0.2) is 47.2 Å². The zero-order valence-corrected chi connectivity index (χ0v) is 12.4. The number of pyridine rings is 1. The van der Waals surface area contributed by atoms with E-state index in [2.05, 4.69) is 20.1 Å². The van der Waals surface area contributed by atoms with Gasteiger partial charge in [0.2, 0.25) is 0 Å². The highest BCUT2D eigenvalue weighted by Gasteiger charge is 2.24. The predicted octanol–water partition coefficient (Wildman–Crippen LogP) is 0.693. The van der Waals surface area contributed by atoms with Crippen LogP contribution in [0, 0.1) is 0 Å². The summed E-state index contributed by atoms with van der Waals surface area (Å²) in [4.78, 5) is 25.9. The van der Waals surface area contributed by atoms with Gasteiger partial charge in [0, 0.05) is 19.3 Å². The molecule has 0 saturated carbocycles. The van der Waals surface area contributed by atoms with Crippen molar-refractivity contribution in [3.63, 3.8) is 0 Å². The van der Waals surface area contributed by atoms with Crippen molar-refractivity contribution >= 4 is 17.1 Å². The van der Waals surface area contributed by atoms with Gasteiger partial charge in [0.15, 0.2) is 11.5 Å². The van der Waals surface area contributed by atoms with E-state index in [0.717, 1.165) is 24.2 Å². The second-order valence-electron chi connectivity index (χ2n) is 5.55. The largest absolute Gasteiger partial charge is 0.390 e. The summed E-state index contributed by atoms with van der Waals surface area (Å²) in [6.07, 6.45) is 2.46. The fourth-order valence-electron chi connectivity index (χ4n) is 2.87. The average Bonchev–Trinajstić information content (AvgIpc) is 3.12. The molecule has 4 rings (SSSR count). The second-order valence-corrected chi connectivity index (χ2v) is 5.55. The maximum atomic E-state index is 12.7. The molecule has 1 aliphatic rings. The molecule has 0 saturated heterocycles. The van der Waals surface area contributed by atoms with Crippen LogP contribution in [0.2, 0.25) is 0 Å². The second kappa shape index (κ2) is 5.47. The third-order valence-electron chi connectivity index (χ3n) is 3.97. The minimum Gasteiger partial charge on any atom is -0.390 e. The topological polar surface area (TPSA) is 99.9 Å². The van der Waals surface area contributed by atoms with E-state index in [1.54, 1.807) is 17.2 Å². The smallest absolute Gasteiger partial charge is 0.290 e. The number of imidazole rings is 1. The Morgan fingerprint density at radius 3 is 3.13 bits per heavy atom. The lowest BCUT2D eigenvalue weighted by atomic mass is 10.3. The van der Waals surface area contributed by atoms with Crippen LogP contribution in [0.15, 0.2) is 24.4 Å². The Hall–Kier alpha value is -2.74. The van der Waals surface area contributed by atoms with Gasteiger partial charge in [-0.25, -0.2) is 9.97 Å². The van der Waals surface area contributed by atoms with Crippen LogP contribution in [0.1, 0.15) is 28.4 Å². The standard InChI is InChI=1S/C15H16N6O2/c22-9-10-7-11-8-20(5-2-6-21(11)19-10)15(23)14-17-12-3-1-4-16-13(12)18-14/h1,3-4,7,22H,2,5-6,8-9H2,(H,16,17,18). The van der Waals surface area contributed by atoms with Gasteiger partial charge < -0.3 is 15.0 Å². The van der Waals surface area contributed by atoms with Gasteiger partial charge in [0.05, 0.1) is 30.1 Å². The first-order valence-corrected chi connectivity index (χ1v) is 7.51. The summed E-state index contributed by atoms with van der Waals surface area (Å²) >= 11 is 0. The number of H-pyrrole nitrogens is 1. The van der Waals surface area contributed by atoms with Crippen LogP contribution in [0.25, 0.3) is 11.2 Å². The van der Waals surface area contributed by atoms with Crippen LogP contribution < -0.4 is 0 Å². The molecule has 0 fully saturated rings. The zero-order valence-electron chi connectivity index (χ0n) is 12.4. The quantitative estimate of drug-likeness (QED) is 0.725. The van der Waals surface area contributed by atoms with Crippen molar-refractivity contribution in [1.82, 2.24) is 29.6 Å².